The molecule has 0 saturated carbocycles. The number of nitrogens with one attached hydrogen (secondary N) is 2. The van der Waals surface area contributed by atoms with Gasteiger partial charge in [0.25, 0.3) is 0 Å². The van der Waals surface area contributed by atoms with E-state index in [0.717, 1.165) is 0 Å². The molecule has 0 amide bonds. The van der Waals surface area contributed by atoms with Crippen molar-refractivity contribution in [2.24, 2.45) is 5.10 Å². The Bertz CT molecular complexity index is 466. The van der Waals surface area contributed by atoms with Gasteiger partial charge in [-0.25, -0.2) is 0 Å². The van der Waals surface area contributed by atoms with E-state index in [2.05, 4.69) is 20.6 Å². The average Bonchev–Trinajstić information content (AvgIpc) is 2.36. The highest BCUT2D eigenvalue weighted by Gasteiger charge is 2.06. The summed E-state index contributed by atoms with van der Waals surface area (Å²) in [5.74, 6) is 0.0938. The SMILES string of the molecule is CCNC(=S)N/N=C(/C)c1cccc(OC(F)F)c1. The Kier molecular flexibility index (Phi) is 6.14. The highest BCUT2D eigenvalue weighted by molar-refractivity contribution is 7.80. The first-order chi connectivity index (χ1) is 9.02. The van der Waals surface area contributed by atoms with Crippen molar-refractivity contribution in [3.05, 3.63) is 29.8 Å². The van der Waals surface area contributed by atoms with Crippen molar-refractivity contribution in [1.29, 1.82) is 0 Å². The molecule has 0 unspecified atom stereocenters. The minimum absolute atomic E-state index is 0.0938. The summed E-state index contributed by atoms with van der Waals surface area (Å²) in [5, 5.41) is 7.34. The van der Waals surface area contributed by atoms with Gasteiger partial charge in [-0.3, -0.25) is 5.43 Å². The molecule has 0 fully saturated rings. The zero-order valence-corrected chi connectivity index (χ0v) is 11.4. The van der Waals surface area contributed by atoms with Crippen LogP contribution < -0.4 is 15.5 Å². The van der Waals surface area contributed by atoms with Crippen LogP contribution in [-0.4, -0.2) is 24.0 Å². The number of hydrogen-bond donors (Lipinski definition) is 2. The first-order valence-electron chi connectivity index (χ1n) is 5.66. The lowest BCUT2D eigenvalue weighted by atomic mass is 10.1. The van der Waals surface area contributed by atoms with Crippen LogP contribution in [0.5, 0.6) is 5.75 Å². The Labute approximate surface area is 115 Å². The molecule has 0 heterocycles. The van der Waals surface area contributed by atoms with Gasteiger partial charge in [0, 0.05) is 12.1 Å². The van der Waals surface area contributed by atoms with Crippen LogP contribution in [-0.2, 0) is 0 Å². The third-order valence-electron chi connectivity index (χ3n) is 2.14. The van der Waals surface area contributed by atoms with Gasteiger partial charge in [0.1, 0.15) is 5.75 Å². The quantitative estimate of drug-likeness (QED) is 0.496. The molecular formula is C12H15F2N3OS. The van der Waals surface area contributed by atoms with Crippen molar-refractivity contribution < 1.29 is 13.5 Å². The normalized spacial score (nSPS) is 11.3. The van der Waals surface area contributed by atoms with Crippen LogP contribution in [0.15, 0.2) is 29.4 Å². The summed E-state index contributed by atoms with van der Waals surface area (Å²) in [7, 11) is 0. The number of nitrogens with zero attached hydrogens (tertiary/aromatic N) is 1. The fourth-order valence-corrected chi connectivity index (χ4v) is 1.49. The van der Waals surface area contributed by atoms with E-state index in [0.29, 0.717) is 22.9 Å². The summed E-state index contributed by atoms with van der Waals surface area (Å²) in [6.07, 6.45) is 0. The first kappa shape index (κ1) is 15.3. The van der Waals surface area contributed by atoms with Crippen molar-refractivity contribution in [3.63, 3.8) is 0 Å². The molecule has 19 heavy (non-hydrogen) atoms. The summed E-state index contributed by atoms with van der Waals surface area (Å²) in [4.78, 5) is 0. The lowest BCUT2D eigenvalue weighted by Crippen LogP contribution is -2.32. The van der Waals surface area contributed by atoms with E-state index < -0.39 is 6.61 Å². The van der Waals surface area contributed by atoms with Crippen LogP contribution in [0.1, 0.15) is 19.4 Å². The number of hydrogen-bond acceptors (Lipinski definition) is 3. The minimum atomic E-state index is -2.84. The maximum Gasteiger partial charge on any atom is 0.387 e. The summed E-state index contributed by atoms with van der Waals surface area (Å²) in [5.41, 5.74) is 3.94. The minimum Gasteiger partial charge on any atom is -0.435 e. The summed E-state index contributed by atoms with van der Waals surface area (Å²) < 4.78 is 28.5. The van der Waals surface area contributed by atoms with Gasteiger partial charge >= 0.3 is 6.61 Å². The van der Waals surface area contributed by atoms with E-state index in [1.165, 1.54) is 12.1 Å². The number of ether oxygens (including phenoxy) is 1. The molecule has 2 N–H and O–H groups in total. The molecule has 7 heteroatoms. The number of halogens is 2. The molecule has 0 aliphatic carbocycles. The molecule has 0 aliphatic rings. The van der Waals surface area contributed by atoms with Crippen molar-refractivity contribution in [1.82, 2.24) is 10.7 Å². The third kappa shape index (κ3) is 5.60. The van der Waals surface area contributed by atoms with Gasteiger partial charge < -0.3 is 10.1 Å². The van der Waals surface area contributed by atoms with Crippen molar-refractivity contribution in [2.75, 3.05) is 6.54 Å². The highest BCUT2D eigenvalue weighted by atomic mass is 32.1. The highest BCUT2D eigenvalue weighted by Crippen LogP contribution is 2.16. The fourth-order valence-electron chi connectivity index (χ4n) is 1.30. The standard InChI is InChI=1S/C12H15F2N3OS/c1-3-15-12(19)17-16-8(2)9-5-4-6-10(7-9)18-11(13)14/h4-7,11H,3H2,1-2H3,(H2,15,17,19)/b16-8-. The van der Waals surface area contributed by atoms with Crippen LogP contribution in [0.25, 0.3) is 0 Å². The van der Waals surface area contributed by atoms with Gasteiger partial charge in [-0.2, -0.15) is 13.9 Å². The summed E-state index contributed by atoms with van der Waals surface area (Å²) >= 11 is 4.95. The fraction of sp³-hybridized carbons (Fsp3) is 0.333. The molecule has 0 radical (unpaired) electrons. The smallest absolute Gasteiger partial charge is 0.387 e. The van der Waals surface area contributed by atoms with Gasteiger partial charge in [-0.1, -0.05) is 12.1 Å². The predicted octanol–water partition coefficient (Wildman–Crippen LogP) is 2.50. The van der Waals surface area contributed by atoms with E-state index in [4.69, 9.17) is 12.2 Å². The van der Waals surface area contributed by atoms with Crippen LogP contribution in [0, 0.1) is 0 Å². The molecule has 1 aromatic carbocycles. The molecule has 0 bridgehead atoms. The Morgan fingerprint density at radius 1 is 1.47 bits per heavy atom. The second kappa shape index (κ2) is 7.63. The molecule has 0 atom stereocenters. The van der Waals surface area contributed by atoms with E-state index in [-0.39, 0.29) is 5.75 Å². The maximum absolute atomic E-state index is 12.1. The van der Waals surface area contributed by atoms with Gasteiger partial charge in [-0.05, 0) is 38.2 Å². The molecule has 0 saturated heterocycles. The Morgan fingerprint density at radius 2 is 2.21 bits per heavy atom. The monoisotopic (exact) mass is 287 g/mol. The predicted molar refractivity (Wildman–Crippen MR) is 74.7 cm³/mol. The topological polar surface area (TPSA) is 45.7 Å². The number of hydrazone groups is 1. The lowest BCUT2D eigenvalue weighted by Gasteiger charge is -2.08. The van der Waals surface area contributed by atoms with E-state index in [1.807, 2.05) is 6.92 Å². The number of alkyl halides is 2. The van der Waals surface area contributed by atoms with Crippen molar-refractivity contribution >= 4 is 23.0 Å². The summed E-state index contributed by atoms with van der Waals surface area (Å²) in [6, 6.07) is 6.31. The second-order valence-electron chi connectivity index (χ2n) is 3.57. The first-order valence-corrected chi connectivity index (χ1v) is 6.07. The van der Waals surface area contributed by atoms with Crippen molar-refractivity contribution in [2.45, 2.75) is 20.5 Å². The Morgan fingerprint density at radius 3 is 2.84 bits per heavy atom. The Hall–Kier alpha value is -1.76. The van der Waals surface area contributed by atoms with Crippen LogP contribution >= 0.6 is 12.2 Å². The maximum atomic E-state index is 12.1. The molecule has 4 nitrogen and oxygen atoms in total. The number of benzene rings is 1. The third-order valence-corrected chi connectivity index (χ3v) is 2.38. The largest absolute Gasteiger partial charge is 0.435 e. The lowest BCUT2D eigenvalue weighted by molar-refractivity contribution is -0.0498. The molecule has 1 rings (SSSR count). The number of rotatable bonds is 5. The molecule has 0 spiro atoms. The Balaban J connectivity index is 2.73. The van der Waals surface area contributed by atoms with Gasteiger partial charge in [-0.15, -0.1) is 0 Å². The molecule has 0 aliphatic heterocycles. The van der Waals surface area contributed by atoms with E-state index in [1.54, 1.807) is 19.1 Å². The molecular weight excluding hydrogens is 272 g/mol. The zero-order chi connectivity index (χ0) is 14.3. The number of thiocarbonyl (C=S) groups is 1. The zero-order valence-electron chi connectivity index (χ0n) is 10.6. The van der Waals surface area contributed by atoms with Crippen molar-refractivity contribution in [3.8, 4) is 5.75 Å². The summed E-state index contributed by atoms with van der Waals surface area (Å²) in [6.45, 7) is 1.50. The van der Waals surface area contributed by atoms with Crippen LogP contribution in [0.2, 0.25) is 0 Å². The molecule has 1 aromatic rings. The average molecular weight is 287 g/mol. The van der Waals surface area contributed by atoms with Gasteiger partial charge in [0.15, 0.2) is 5.11 Å². The van der Waals surface area contributed by atoms with Gasteiger partial charge in [0.05, 0.1) is 5.71 Å². The van der Waals surface area contributed by atoms with Crippen LogP contribution in [0.3, 0.4) is 0 Å². The van der Waals surface area contributed by atoms with Crippen LogP contribution in [0.4, 0.5) is 8.78 Å². The van der Waals surface area contributed by atoms with Gasteiger partial charge in [0.2, 0.25) is 0 Å². The van der Waals surface area contributed by atoms with E-state index in [9.17, 15) is 8.78 Å². The van der Waals surface area contributed by atoms with E-state index >= 15 is 0 Å². The second-order valence-corrected chi connectivity index (χ2v) is 3.98. The molecule has 104 valence electrons. The molecule has 0 aromatic heterocycles.